The number of esters is 2. The van der Waals surface area contributed by atoms with Crippen LogP contribution in [0.4, 0.5) is 0 Å². The Labute approximate surface area is 162 Å². The van der Waals surface area contributed by atoms with Gasteiger partial charge >= 0.3 is 11.9 Å². The SMILES string of the molecule is CCCCCCC(=O)OC(COC(C)=O)COP(=O)([O-])OCC[N+](C)(C)C. The summed E-state index contributed by atoms with van der Waals surface area (Å²) in [5, 5.41) is 0. The number of quaternary nitrogens is 1. The fourth-order valence-electron chi connectivity index (χ4n) is 1.91. The van der Waals surface area contributed by atoms with Crippen LogP contribution >= 0.6 is 7.82 Å². The molecule has 2 unspecified atom stereocenters. The van der Waals surface area contributed by atoms with E-state index in [0.717, 1.165) is 19.3 Å². The van der Waals surface area contributed by atoms with E-state index >= 15 is 0 Å². The van der Waals surface area contributed by atoms with E-state index in [1.54, 1.807) is 0 Å². The van der Waals surface area contributed by atoms with Crippen LogP contribution in [0.5, 0.6) is 0 Å². The third-order valence-corrected chi connectivity index (χ3v) is 4.40. The first kappa shape index (κ1) is 26.0. The van der Waals surface area contributed by atoms with Crippen molar-refractivity contribution < 1.29 is 42.1 Å². The van der Waals surface area contributed by atoms with Crippen molar-refractivity contribution in [3.8, 4) is 0 Å². The zero-order chi connectivity index (χ0) is 20.9. The zero-order valence-corrected chi connectivity index (χ0v) is 18.0. The van der Waals surface area contributed by atoms with Crippen molar-refractivity contribution in [3.63, 3.8) is 0 Å². The minimum Gasteiger partial charge on any atom is -0.756 e. The molecule has 10 heteroatoms. The largest absolute Gasteiger partial charge is 0.756 e. The molecule has 0 aromatic carbocycles. The number of hydrogen-bond acceptors (Lipinski definition) is 8. The molecule has 0 saturated heterocycles. The van der Waals surface area contributed by atoms with Gasteiger partial charge in [0, 0.05) is 13.3 Å². The molecule has 0 bridgehead atoms. The normalized spacial score (nSPS) is 15.0. The number of hydrogen-bond donors (Lipinski definition) is 0. The molecule has 0 heterocycles. The van der Waals surface area contributed by atoms with Crippen molar-refractivity contribution in [1.29, 1.82) is 0 Å². The highest BCUT2D eigenvalue weighted by atomic mass is 31.2. The van der Waals surface area contributed by atoms with E-state index < -0.39 is 32.5 Å². The molecule has 0 amide bonds. The topological polar surface area (TPSA) is 111 Å². The van der Waals surface area contributed by atoms with Gasteiger partial charge in [0.15, 0.2) is 6.10 Å². The van der Waals surface area contributed by atoms with Crippen molar-refractivity contribution in [2.24, 2.45) is 0 Å². The number of rotatable bonds is 15. The minimum atomic E-state index is -4.55. The van der Waals surface area contributed by atoms with Crippen molar-refractivity contribution in [1.82, 2.24) is 0 Å². The average Bonchev–Trinajstić information content (AvgIpc) is 2.52. The molecular formula is C17H34NO8P. The Morgan fingerprint density at radius 3 is 2.30 bits per heavy atom. The maximum Gasteiger partial charge on any atom is 0.306 e. The summed E-state index contributed by atoms with van der Waals surface area (Å²) in [5.74, 6) is -1.05. The Kier molecular flexibility index (Phi) is 12.7. The van der Waals surface area contributed by atoms with Crippen LogP contribution < -0.4 is 4.89 Å². The third kappa shape index (κ3) is 16.9. The lowest BCUT2D eigenvalue weighted by atomic mass is 10.1. The molecule has 0 aromatic heterocycles. The molecular weight excluding hydrogens is 377 g/mol. The number of unbranched alkanes of at least 4 members (excludes halogenated alkanes) is 3. The first-order chi connectivity index (χ1) is 12.4. The summed E-state index contributed by atoms with van der Waals surface area (Å²) >= 11 is 0. The molecule has 0 fully saturated rings. The number of ether oxygens (including phenoxy) is 2. The van der Waals surface area contributed by atoms with Gasteiger partial charge in [0.05, 0.1) is 27.7 Å². The molecule has 0 aliphatic rings. The summed E-state index contributed by atoms with van der Waals surface area (Å²) in [7, 11) is 1.15. The maximum atomic E-state index is 11.9. The van der Waals surface area contributed by atoms with Gasteiger partial charge in [-0.05, 0) is 6.42 Å². The predicted octanol–water partition coefficient (Wildman–Crippen LogP) is 1.64. The first-order valence-corrected chi connectivity index (χ1v) is 10.6. The van der Waals surface area contributed by atoms with Crippen molar-refractivity contribution in [3.05, 3.63) is 0 Å². The van der Waals surface area contributed by atoms with E-state index in [1.807, 2.05) is 21.1 Å². The van der Waals surface area contributed by atoms with Gasteiger partial charge in [-0.1, -0.05) is 26.2 Å². The fraction of sp³-hybridized carbons (Fsp3) is 0.882. The quantitative estimate of drug-likeness (QED) is 0.173. The van der Waals surface area contributed by atoms with Crippen LogP contribution in [0.2, 0.25) is 0 Å². The molecule has 0 aliphatic heterocycles. The van der Waals surface area contributed by atoms with E-state index in [2.05, 4.69) is 6.92 Å². The summed E-state index contributed by atoms with van der Waals surface area (Å²) in [4.78, 5) is 34.7. The number of nitrogens with zero attached hydrogens (tertiary/aromatic N) is 1. The standard InChI is InChI=1S/C17H34NO8P/c1-6-7-8-9-10-17(20)26-16(13-23-15(2)19)14-25-27(21,22)24-12-11-18(3,4)5/h16H,6-14H2,1-5H3. The summed E-state index contributed by atoms with van der Waals surface area (Å²) in [6, 6.07) is 0. The molecule has 160 valence electrons. The third-order valence-electron chi connectivity index (χ3n) is 3.44. The van der Waals surface area contributed by atoms with Crippen molar-refractivity contribution in [2.75, 3.05) is 47.5 Å². The lowest BCUT2D eigenvalue weighted by molar-refractivity contribution is -0.870. The summed E-state index contributed by atoms with van der Waals surface area (Å²) < 4.78 is 31.9. The Balaban J connectivity index is 4.46. The van der Waals surface area contributed by atoms with Gasteiger partial charge in [-0.2, -0.15) is 0 Å². The molecule has 0 aliphatic carbocycles. The first-order valence-electron chi connectivity index (χ1n) is 9.18. The smallest absolute Gasteiger partial charge is 0.306 e. The molecule has 9 nitrogen and oxygen atoms in total. The zero-order valence-electron chi connectivity index (χ0n) is 17.1. The number of phosphoric acid groups is 1. The highest BCUT2D eigenvalue weighted by Crippen LogP contribution is 2.38. The van der Waals surface area contributed by atoms with Gasteiger partial charge in [-0.15, -0.1) is 0 Å². The molecule has 0 spiro atoms. The van der Waals surface area contributed by atoms with Gasteiger partial charge in [0.2, 0.25) is 0 Å². The molecule has 2 atom stereocenters. The van der Waals surface area contributed by atoms with Crippen LogP contribution in [0.25, 0.3) is 0 Å². The molecule has 0 radical (unpaired) electrons. The average molecular weight is 411 g/mol. The van der Waals surface area contributed by atoms with E-state index in [9.17, 15) is 19.0 Å². The van der Waals surface area contributed by atoms with Crippen LogP contribution in [0.1, 0.15) is 46.0 Å². The number of likely N-dealkylation sites (N-methyl/N-ethyl adjacent to an activating group) is 1. The maximum absolute atomic E-state index is 11.9. The van der Waals surface area contributed by atoms with Gasteiger partial charge in [0.25, 0.3) is 7.82 Å². The molecule has 0 rings (SSSR count). The van der Waals surface area contributed by atoms with Crippen molar-refractivity contribution in [2.45, 2.75) is 52.1 Å². The minimum absolute atomic E-state index is 0.0316. The molecule has 0 N–H and O–H groups in total. The lowest BCUT2D eigenvalue weighted by Gasteiger charge is -2.28. The lowest BCUT2D eigenvalue weighted by Crippen LogP contribution is -2.37. The number of carbonyl (C=O) groups excluding carboxylic acids is 2. The van der Waals surface area contributed by atoms with Crippen molar-refractivity contribution >= 4 is 19.8 Å². The van der Waals surface area contributed by atoms with Crippen LogP contribution in [-0.2, 0) is 32.7 Å². The van der Waals surface area contributed by atoms with Gasteiger partial charge in [-0.25, -0.2) is 0 Å². The Hall–Kier alpha value is -0.990. The van der Waals surface area contributed by atoms with E-state index in [0.29, 0.717) is 17.4 Å². The fourth-order valence-corrected chi connectivity index (χ4v) is 2.63. The van der Waals surface area contributed by atoms with E-state index in [4.69, 9.17) is 18.5 Å². The van der Waals surface area contributed by atoms with Crippen LogP contribution in [0.3, 0.4) is 0 Å². The van der Waals surface area contributed by atoms with E-state index in [-0.39, 0.29) is 19.6 Å². The van der Waals surface area contributed by atoms with Gasteiger partial charge < -0.3 is 27.9 Å². The molecule has 27 heavy (non-hydrogen) atoms. The van der Waals surface area contributed by atoms with E-state index in [1.165, 1.54) is 6.92 Å². The monoisotopic (exact) mass is 411 g/mol. The van der Waals surface area contributed by atoms with Gasteiger partial charge in [0.1, 0.15) is 19.8 Å². The van der Waals surface area contributed by atoms with Gasteiger partial charge in [-0.3, -0.25) is 14.2 Å². The number of phosphoric ester groups is 1. The highest BCUT2D eigenvalue weighted by Gasteiger charge is 2.21. The highest BCUT2D eigenvalue weighted by molar-refractivity contribution is 7.45. The van der Waals surface area contributed by atoms with Crippen LogP contribution in [-0.4, -0.2) is 70.0 Å². The second-order valence-corrected chi connectivity index (χ2v) is 8.73. The Bertz CT molecular complexity index is 492. The summed E-state index contributed by atoms with van der Waals surface area (Å²) in [5.41, 5.74) is 0. The predicted molar refractivity (Wildman–Crippen MR) is 97.7 cm³/mol. The summed E-state index contributed by atoms with van der Waals surface area (Å²) in [6.45, 7) is 2.95. The Morgan fingerprint density at radius 1 is 1.07 bits per heavy atom. The van der Waals surface area contributed by atoms with Crippen LogP contribution in [0.15, 0.2) is 0 Å². The molecule has 0 saturated carbocycles. The Morgan fingerprint density at radius 2 is 1.74 bits per heavy atom. The molecule has 0 aromatic rings. The second kappa shape index (κ2) is 13.2. The number of carbonyl (C=O) groups is 2. The second-order valence-electron chi connectivity index (χ2n) is 7.32. The van der Waals surface area contributed by atoms with Crippen LogP contribution in [0, 0.1) is 0 Å². The summed E-state index contributed by atoms with van der Waals surface area (Å²) in [6.07, 6.45) is 2.86.